The number of anilines is 1. The average molecular weight is 191 g/mol. The molecule has 76 valence electrons. The van der Waals surface area contributed by atoms with Crippen LogP contribution >= 0.6 is 0 Å². The molecular formula is C12H17NO. The highest BCUT2D eigenvalue weighted by molar-refractivity contribution is 5.59. The maximum Gasteiger partial charge on any atom is 0.0471 e. The van der Waals surface area contributed by atoms with Gasteiger partial charge in [0.15, 0.2) is 0 Å². The summed E-state index contributed by atoms with van der Waals surface area (Å²) in [7, 11) is 0. The Morgan fingerprint density at radius 2 is 2.29 bits per heavy atom. The Hall–Kier alpha value is -1.02. The topological polar surface area (TPSA) is 23.5 Å². The molecule has 0 bridgehead atoms. The molecule has 2 heteroatoms. The second-order valence-electron chi connectivity index (χ2n) is 3.77. The van der Waals surface area contributed by atoms with Crippen molar-refractivity contribution in [2.45, 2.75) is 19.8 Å². The third-order valence-corrected chi connectivity index (χ3v) is 2.92. The van der Waals surface area contributed by atoms with Crippen LogP contribution in [0.4, 0.5) is 5.69 Å². The summed E-state index contributed by atoms with van der Waals surface area (Å²) in [5, 5.41) is 8.86. The van der Waals surface area contributed by atoms with E-state index in [9.17, 15) is 0 Å². The van der Waals surface area contributed by atoms with Gasteiger partial charge in [-0.25, -0.2) is 0 Å². The van der Waals surface area contributed by atoms with Gasteiger partial charge in [0.2, 0.25) is 0 Å². The number of nitrogens with zero attached hydrogens (tertiary/aromatic N) is 1. The molecule has 0 aliphatic carbocycles. The number of aliphatic hydroxyl groups excluding tert-OH is 1. The molecule has 0 saturated carbocycles. The molecule has 0 aromatic heterocycles. The van der Waals surface area contributed by atoms with Crippen LogP contribution < -0.4 is 4.90 Å². The summed E-state index contributed by atoms with van der Waals surface area (Å²) in [4.78, 5) is 2.40. The molecule has 1 aliphatic heterocycles. The van der Waals surface area contributed by atoms with Crippen LogP contribution in [0.25, 0.3) is 0 Å². The van der Waals surface area contributed by atoms with E-state index in [0.717, 1.165) is 25.9 Å². The number of fused-ring (bicyclic) bond motifs is 1. The number of benzene rings is 1. The molecule has 0 unspecified atom stereocenters. The molecule has 2 rings (SSSR count). The van der Waals surface area contributed by atoms with Crippen molar-refractivity contribution < 1.29 is 5.11 Å². The van der Waals surface area contributed by atoms with Crippen LogP contribution in [0.3, 0.4) is 0 Å². The molecule has 14 heavy (non-hydrogen) atoms. The Morgan fingerprint density at radius 3 is 3.00 bits per heavy atom. The molecule has 1 aliphatic rings. The predicted octanol–water partition coefficient (Wildman–Crippen LogP) is 1.60. The first-order valence-corrected chi connectivity index (χ1v) is 5.32. The number of aliphatic hydroxyl groups is 1. The van der Waals surface area contributed by atoms with E-state index in [1.807, 2.05) is 0 Å². The summed E-state index contributed by atoms with van der Waals surface area (Å²) in [5.41, 5.74) is 4.08. The lowest BCUT2D eigenvalue weighted by atomic mass is 10.1. The van der Waals surface area contributed by atoms with Gasteiger partial charge in [-0.15, -0.1) is 0 Å². The van der Waals surface area contributed by atoms with Gasteiger partial charge < -0.3 is 10.0 Å². The fourth-order valence-electron chi connectivity index (χ4n) is 2.14. The molecule has 1 aromatic carbocycles. The smallest absolute Gasteiger partial charge is 0.0471 e. The zero-order chi connectivity index (χ0) is 9.97. The lowest BCUT2D eigenvalue weighted by molar-refractivity contribution is 0.299. The molecule has 0 saturated heterocycles. The van der Waals surface area contributed by atoms with Crippen molar-refractivity contribution in [2.24, 2.45) is 0 Å². The van der Waals surface area contributed by atoms with Crippen LogP contribution in [-0.4, -0.2) is 24.8 Å². The first kappa shape index (κ1) is 9.53. The van der Waals surface area contributed by atoms with Gasteiger partial charge in [-0.1, -0.05) is 12.1 Å². The highest BCUT2D eigenvalue weighted by atomic mass is 16.2. The van der Waals surface area contributed by atoms with E-state index in [4.69, 9.17) is 5.11 Å². The largest absolute Gasteiger partial charge is 0.396 e. The molecule has 1 heterocycles. The lowest BCUT2D eigenvalue weighted by Gasteiger charge is -2.16. The average Bonchev–Trinajstić information content (AvgIpc) is 2.60. The van der Waals surface area contributed by atoms with E-state index >= 15 is 0 Å². The van der Waals surface area contributed by atoms with Crippen LogP contribution in [0.5, 0.6) is 0 Å². The standard InChI is InChI=1S/C12H17NO/c1-2-13-7-5-11-9-10(6-8-14)3-4-12(11)13/h3-4,9,14H,2,5-8H2,1H3. The van der Waals surface area contributed by atoms with Crippen LogP contribution in [0.1, 0.15) is 18.1 Å². The van der Waals surface area contributed by atoms with Gasteiger partial charge in [0.1, 0.15) is 0 Å². The maximum absolute atomic E-state index is 8.86. The molecular weight excluding hydrogens is 174 g/mol. The Kier molecular flexibility index (Phi) is 2.73. The van der Waals surface area contributed by atoms with Crippen molar-refractivity contribution in [1.29, 1.82) is 0 Å². The molecule has 1 N–H and O–H groups in total. The SMILES string of the molecule is CCN1CCc2cc(CCO)ccc21. The van der Waals surface area contributed by atoms with E-state index in [1.54, 1.807) is 0 Å². The molecule has 1 aromatic rings. The summed E-state index contributed by atoms with van der Waals surface area (Å²) < 4.78 is 0. The van der Waals surface area contributed by atoms with Gasteiger partial charge in [-0.3, -0.25) is 0 Å². The Labute approximate surface area is 85.2 Å². The van der Waals surface area contributed by atoms with Crippen LogP contribution in [0.15, 0.2) is 18.2 Å². The summed E-state index contributed by atoms with van der Waals surface area (Å²) in [5.74, 6) is 0. The Balaban J connectivity index is 2.25. The second-order valence-corrected chi connectivity index (χ2v) is 3.77. The molecule has 0 amide bonds. The first-order chi connectivity index (χ1) is 6.85. The highest BCUT2D eigenvalue weighted by Gasteiger charge is 2.16. The fraction of sp³-hybridized carbons (Fsp3) is 0.500. The number of hydrogen-bond donors (Lipinski definition) is 1. The van der Waals surface area contributed by atoms with Crippen LogP contribution in [-0.2, 0) is 12.8 Å². The zero-order valence-corrected chi connectivity index (χ0v) is 8.66. The summed E-state index contributed by atoms with van der Waals surface area (Å²) in [6, 6.07) is 6.56. The number of likely N-dealkylation sites (N-methyl/N-ethyl adjacent to an activating group) is 1. The highest BCUT2D eigenvalue weighted by Crippen LogP contribution is 2.28. The van der Waals surface area contributed by atoms with Crippen LogP contribution in [0.2, 0.25) is 0 Å². The molecule has 2 nitrogen and oxygen atoms in total. The summed E-state index contributed by atoms with van der Waals surface area (Å²) in [6.45, 7) is 4.67. The van der Waals surface area contributed by atoms with E-state index in [1.165, 1.54) is 16.8 Å². The Morgan fingerprint density at radius 1 is 1.43 bits per heavy atom. The number of rotatable bonds is 3. The van der Waals surface area contributed by atoms with Crippen molar-refractivity contribution >= 4 is 5.69 Å². The van der Waals surface area contributed by atoms with Crippen molar-refractivity contribution in [3.63, 3.8) is 0 Å². The van der Waals surface area contributed by atoms with Gasteiger partial charge in [-0.05, 0) is 37.0 Å². The lowest BCUT2D eigenvalue weighted by Crippen LogP contribution is -2.18. The van der Waals surface area contributed by atoms with Gasteiger partial charge in [0.25, 0.3) is 0 Å². The van der Waals surface area contributed by atoms with Gasteiger partial charge >= 0.3 is 0 Å². The van der Waals surface area contributed by atoms with Crippen molar-refractivity contribution in [1.82, 2.24) is 0 Å². The van der Waals surface area contributed by atoms with E-state index < -0.39 is 0 Å². The predicted molar refractivity (Wildman–Crippen MR) is 58.8 cm³/mol. The van der Waals surface area contributed by atoms with Gasteiger partial charge in [0, 0.05) is 25.4 Å². The second kappa shape index (κ2) is 4.01. The minimum Gasteiger partial charge on any atom is -0.396 e. The van der Waals surface area contributed by atoms with E-state index in [0.29, 0.717) is 0 Å². The molecule has 0 radical (unpaired) electrons. The maximum atomic E-state index is 8.86. The van der Waals surface area contributed by atoms with Crippen molar-refractivity contribution in [3.8, 4) is 0 Å². The molecule has 0 spiro atoms. The quantitative estimate of drug-likeness (QED) is 0.784. The minimum absolute atomic E-state index is 0.246. The number of hydrogen-bond acceptors (Lipinski definition) is 2. The zero-order valence-electron chi connectivity index (χ0n) is 8.66. The Bertz CT molecular complexity index is 322. The third kappa shape index (κ3) is 1.62. The summed E-state index contributed by atoms with van der Waals surface area (Å²) >= 11 is 0. The monoisotopic (exact) mass is 191 g/mol. The first-order valence-electron chi connectivity index (χ1n) is 5.32. The summed E-state index contributed by atoms with van der Waals surface area (Å²) in [6.07, 6.45) is 1.93. The van der Waals surface area contributed by atoms with E-state index in [-0.39, 0.29) is 6.61 Å². The van der Waals surface area contributed by atoms with Gasteiger partial charge in [0.05, 0.1) is 0 Å². The van der Waals surface area contributed by atoms with Crippen LogP contribution in [0, 0.1) is 0 Å². The normalized spacial score (nSPS) is 14.6. The van der Waals surface area contributed by atoms with Gasteiger partial charge in [-0.2, -0.15) is 0 Å². The van der Waals surface area contributed by atoms with Crippen molar-refractivity contribution in [2.75, 3.05) is 24.6 Å². The third-order valence-electron chi connectivity index (χ3n) is 2.92. The van der Waals surface area contributed by atoms with E-state index in [2.05, 4.69) is 30.0 Å². The molecule has 0 fully saturated rings. The molecule has 0 atom stereocenters. The fourth-order valence-corrected chi connectivity index (χ4v) is 2.14. The minimum atomic E-state index is 0.246. The van der Waals surface area contributed by atoms with Crippen molar-refractivity contribution in [3.05, 3.63) is 29.3 Å².